The first-order valence-electron chi connectivity index (χ1n) is 6.60. The first-order chi connectivity index (χ1) is 8.25. The number of halogens is 1. The first kappa shape index (κ1) is 13.3. The van der Waals surface area contributed by atoms with Crippen molar-refractivity contribution in [3.63, 3.8) is 0 Å². The Kier molecular flexibility index (Phi) is 5.25. The van der Waals surface area contributed by atoms with Crippen LogP contribution in [0.5, 0.6) is 0 Å². The van der Waals surface area contributed by atoms with E-state index in [9.17, 15) is 5.11 Å². The van der Waals surface area contributed by atoms with E-state index in [1.807, 2.05) is 6.21 Å². The molecule has 0 spiro atoms. The van der Waals surface area contributed by atoms with Gasteiger partial charge in [-0.15, -0.1) is 0 Å². The molecular formula is C12H22BrN3O. The topological polar surface area (TPSA) is 56.7 Å². The third-order valence-corrected chi connectivity index (χ3v) is 4.44. The quantitative estimate of drug-likeness (QED) is 0.421. The van der Waals surface area contributed by atoms with Crippen molar-refractivity contribution in [2.45, 2.75) is 55.6 Å². The molecule has 1 heterocycles. The number of rotatable bonds is 3. The van der Waals surface area contributed by atoms with Crippen molar-refractivity contribution in [3.8, 4) is 0 Å². The molecule has 98 valence electrons. The Morgan fingerprint density at radius 3 is 2.88 bits per heavy atom. The molecule has 2 rings (SSSR count). The Labute approximate surface area is 111 Å². The maximum atomic E-state index is 9.91. The molecule has 0 amide bonds. The normalized spacial score (nSPS) is 39.4. The standard InChI is InChI=1S/C12H22BrN3O/c13-10-5-4-9(11(17)7-10)8-15-16-12-3-1-2-6-14-12/h8-12,14,16-17H,1-7H2/b15-8-. The lowest BCUT2D eigenvalue weighted by molar-refractivity contribution is 0.107. The number of aliphatic hydroxyl groups excluding tert-OH is 1. The number of nitrogens with zero attached hydrogens (tertiary/aromatic N) is 1. The van der Waals surface area contributed by atoms with Crippen LogP contribution in [0.3, 0.4) is 0 Å². The van der Waals surface area contributed by atoms with Gasteiger partial charge in [0.15, 0.2) is 0 Å². The van der Waals surface area contributed by atoms with Crippen LogP contribution in [0.25, 0.3) is 0 Å². The van der Waals surface area contributed by atoms with E-state index in [2.05, 4.69) is 31.8 Å². The maximum Gasteiger partial charge on any atom is 0.0933 e. The predicted molar refractivity (Wildman–Crippen MR) is 73.3 cm³/mol. The summed E-state index contributed by atoms with van der Waals surface area (Å²) in [5, 5.41) is 17.6. The number of hydrogen-bond donors (Lipinski definition) is 3. The summed E-state index contributed by atoms with van der Waals surface area (Å²) < 4.78 is 0. The van der Waals surface area contributed by atoms with Crippen molar-refractivity contribution in [2.24, 2.45) is 11.0 Å². The molecule has 1 saturated heterocycles. The Balaban J connectivity index is 1.72. The van der Waals surface area contributed by atoms with Crippen molar-refractivity contribution < 1.29 is 5.11 Å². The van der Waals surface area contributed by atoms with Crippen LogP contribution in [-0.2, 0) is 0 Å². The molecule has 0 bridgehead atoms. The molecule has 17 heavy (non-hydrogen) atoms. The molecule has 1 aliphatic heterocycles. The largest absolute Gasteiger partial charge is 0.392 e. The second-order valence-corrected chi connectivity index (χ2v) is 6.35. The van der Waals surface area contributed by atoms with Gasteiger partial charge in [-0.25, -0.2) is 0 Å². The molecule has 1 saturated carbocycles. The summed E-state index contributed by atoms with van der Waals surface area (Å²) in [7, 11) is 0. The maximum absolute atomic E-state index is 9.91. The van der Waals surface area contributed by atoms with Gasteiger partial charge in [-0.3, -0.25) is 10.7 Å². The molecule has 0 aromatic carbocycles. The lowest BCUT2D eigenvalue weighted by Crippen LogP contribution is -2.43. The van der Waals surface area contributed by atoms with Gasteiger partial charge in [0.1, 0.15) is 0 Å². The molecule has 4 atom stereocenters. The van der Waals surface area contributed by atoms with Gasteiger partial charge >= 0.3 is 0 Å². The van der Waals surface area contributed by atoms with Crippen molar-refractivity contribution in [1.82, 2.24) is 10.7 Å². The molecule has 0 aromatic rings. The van der Waals surface area contributed by atoms with Gasteiger partial charge in [0, 0.05) is 17.0 Å². The van der Waals surface area contributed by atoms with Gasteiger partial charge in [0.05, 0.1) is 12.3 Å². The Bertz CT molecular complexity index is 256. The fourth-order valence-electron chi connectivity index (χ4n) is 2.48. The highest BCUT2D eigenvalue weighted by Crippen LogP contribution is 2.27. The van der Waals surface area contributed by atoms with Crippen molar-refractivity contribution >= 4 is 22.1 Å². The zero-order valence-electron chi connectivity index (χ0n) is 10.1. The SMILES string of the molecule is OC1CC(Br)CCC1/C=N\NC1CCCCN1. The lowest BCUT2D eigenvalue weighted by atomic mass is 9.87. The molecule has 0 aromatic heterocycles. The van der Waals surface area contributed by atoms with Crippen molar-refractivity contribution in [1.29, 1.82) is 0 Å². The third kappa shape index (κ3) is 4.23. The van der Waals surface area contributed by atoms with Crippen molar-refractivity contribution in [2.75, 3.05) is 6.54 Å². The molecule has 2 fully saturated rings. The minimum Gasteiger partial charge on any atom is -0.392 e. The average molecular weight is 304 g/mol. The summed E-state index contributed by atoms with van der Waals surface area (Å²) in [5.41, 5.74) is 3.14. The van der Waals surface area contributed by atoms with Crippen LogP contribution in [0, 0.1) is 5.92 Å². The predicted octanol–water partition coefficient (Wildman–Crippen LogP) is 1.59. The van der Waals surface area contributed by atoms with E-state index in [1.165, 1.54) is 12.8 Å². The summed E-state index contributed by atoms with van der Waals surface area (Å²) in [6.45, 7) is 1.07. The minimum absolute atomic E-state index is 0.208. The van der Waals surface area contributed by atoms with Crippen LogP contribution in [0.2, 0.25) is 0 Å². The summed E-state index contributed by atoms with van der Waals surface area (Å²) >= 11 is 3.56. The van der Waals surface area contributed by atoms with E-state index in [0.717, 1.165) is 32.2 Å². The minimum atomic E-state index is -0.252. The van der Waals surface area contributed by atoms with E-state index < -0.39 is 0 Å². The molecule has 1 aliphatic carbocycles. The zero-order valence-corrected chi connectivity index (χ0v) is 11.7. The van der Waals surface area contributed by atoms with E-state index in [1.54, 1.807) is 0 Å². The van der Waals surface area contributed by atoms with Gasteiger partial charge in [-0.1, -0.05) is 15.9 Å². The smallest absolute Gasteiger partial charge is 0.0933 e. The van der Waals surface area contributed by atoms with Crippen LogP contribution in [0.1, 0.15) is 38.5 Å². The molecule has 5 heteroatoms. The Morgan fingerprint density at radius 2 is 2.18 bits per heavy atom. The molecule has 4 unspecified atom stereocenters. The molecule has 2 aliphatic rings. The second kappa shape index (κ2) is 6.71. The molecule has 4 nitrogen and oxygen atoms in total. The highest BCUT2D eigenvalue weighted by Gasteiger charge is 2.26. The van der Waals surface area contributed by atoms with E-state index in [0.29, 0.717) is 11.0 Å². The Hall–Kier alpha value is -0.130. The lowest BCUT2D eigenvalue weighted by Gasteiger charge is -2.28. The molecule has 0 radical (unpaired) electrons. The number of hydrogen-bond acceptors (Lipinski definition) is 4. The van der Waals surface area contributed by atoms with Crippen LogP contribution < -0.4 is 10.7 Å². The Morgan fingerprint density at radius 1 is 1.29 bits per heavy atom. The highest BCUT2D eigenvalue weighted by molar-refractivity contribution is 9.09. The molecule has 3 N–H and O–H groups in total. The van der Waals surface area contributed by atoms with Crippen LogP contribution in [-0.4, -0.2) is 35.0 Å². The zero-order chi connectivity index (χ0) is 12.1. The van der Waals surface area contributed by atoms with Crippen molar-refractivity contribution in [3.05, 3.63) is 0 Å². The number of piperidine rings is 1. The summed E-state index contributed by atoms with van der Waals surface area (Å²) in [4.78, 5) is 0.468. The van der Waals surface area contributed by atoms with Crippen LogP contribution >= 0.6 is 15.9 Å². The van der Waals surface area contributed by atoms with E-state index in [-0.39, 0.29) is 12.0 Å². The van der Waals surface area contributed by atoms with Gasteiger partial charge in [-0.2, -0.15) is 5.10 Å². The van der Waals surface area contributed by atoms with E-state index in [4.69, 9.17) is 0 Å². The number of aliphatic hydroxyl groups is 1. The average Bonchev–Trinajstić information content (AvgIpc) is 2.33. The third-order valence-electron chi connectivity index (χ3n) is 3.61. The summed E-state index contributed by atoms with van der Waals surface area (Å²) in [6.07, 6.45) is 8.57. The van der Waals surface area contributed by atoms with Gasteiger partial charge in [0.2, 0.25) is 0 Å². The monoisotopic (exact) mass is 303 g/mol. The summed E-state index contributed by atoms with van der Waals surface area (Å²) in [6, 6.07) is 0. The van der Waals surface area contributed by atoms with Gasteiger partial charge < -0.3 is 5.11 Å². The first-order valence-corrected chi connectivity index (χ1v) is 7.51. The van der Waals surface area contributed by atoms with Crippen LogP contribution in [0.15, 0.2) is 5.10 Å². The summed E-state index contributed by atoms with van der Waals surface area (Å²) in [5.74, 6) is 0.208. The van der Waals surface area contributed by atoms with E-state index >= 15 is 0 Å². The number of alkyl halides is 1. The second-order valence-electron chi connectivity index (χ2n) is 5.05. The molecular weight excluding hydrogens is 282 g/mol. The van der Waals surface area contributed by atoms with Gasteiger partial charge in [-0.05, 0) is 45.1 Å². The number of nitrogens with one attached hydrogen (secondary N) is 2. The number of hydrazone groups is 1. The fourth-order valence-corrected chi connectivity index (χ4v) is 3.13. The highest BCUT2D eigenvalue weighted by atomic mass is 79.9. The van der Waals surface area contributed by atoms with Crippen LogP contribution in [0.4, 0.5) is 0 Å². The van der Waals surface area contributed by atoms with Gasteiger partial charge in [0.25, 0.3) is 0 Å². The fraction of sp³-hybridized carbons (Fsp3) is 0.917.